The van der Waals surface area contributed by atoms with Gasteiger partial charge in [0.15, 0.2) is 5.69 Å². The highest BCUT2D eigenvalue weighted by Gasteiger charge is 2.33. The average Bonchev–Trinajstić information content (AvgIpc) is 3.21. The second kappa shape index (κ2) is 8.12. The fraction of sp³-hybridized carbons (Fsp3) is 0.211. The van der Waals surface area contributed by atoms with Gasteiger partial charge < -0.3 is 4.57 Å². The van der Waals surface area contributed by atoms with Crippen LogP contribution in [0, 0.1) is 13.8 Å². The van der Waals surface area contributed by atoms with Crippen LogP contribution in [-0.2, 0) is 17.5 Å². The van der Waals surface area contributed by atoms with E-state index in [-0.39, 0.29) is 6.54 Å². The van der Waals surface area contributed by atoms with Gasteiger partial charge in [-0.05, 0) is 50.2 Å². The van der Waals surface area contributed by atoms with E-state index in [0.717, 1.165) is 39.6 Å². The maximum Gasteiger partial charge on any atom is 0.435 e. The van der Waals surface area contributed by atoms with Crippen LogP contribution in [-0.4, -0.2) is 26.5 Å². The SMILES string of the molecule is Cc1cc(C=NNC(=O)Cn2ccc(C(F)(F)F)n2)c(C)n1-c1ccc(Cl)cc1. The van der Waals surface area contributed by atoms with Gasteiger partial charge in [-0.25, -0.2) is 5.43 Å². The van der Waals surface area contributed by atoms with E-state index in [1.54, 1.807) is 12.1 Å². The third-order valence-electron chi connectivity index (χ3n) is 4.18. The summed E-state index contributed by atoms with van der Waals surface area (Å²) >= 11 is 5.93. The average molecular weight is 424 g/mol. The Morgan fingerprint density at radius 3 is 2.55 bits per heavy atom. The van der Waals surface area contributed by atoms with E-state index in [9.17, 15) is 18.0 Å². The Labute approximate surface area is 169 Å². The minimum absolute atomic E-state index is 0.378. The molecular formula is C19H17ClF3N5O. The lowest BCUT2D eigenvalue weighted by Crippen LogP contribution is -2.23. The van der Waals surface area contributed by atoms with Crippen molar-refractivity contribution in [2.75, 3.05) is 0 Å². The van der Waals surface area contributed by atoms with Gasteiger partial charge in [-0.3, -0.25) is 9.48 Å². The second-order valence-corrected chi connectivity index (χ2v) is 6.76. The van der Waals surface area contributed by atoms with Gasteiger partial charge in [-0.15, -0.1) is 0 Å². The topological polar surface area (TPSA) is 64.2 Å². The number of carbonyl (C=O) groups excluding carboxylic acids is 1. The van der Waals surface area contributed by atoms with Crippen molar-refractivity contribution >= 4 is 23.7 Å². The molecule has 1 N–H and O–H groups in total. The fourth-order valence-corrected chi connectivity index (χ4v) is 2.99. The zero-order chi connectivity index (χ0) is 21.2. The number of hydrazone groups is 1. The van der Waals surface area contributed by atoms with Crippen molar-refractivity contribution in [1.29, 1.82) is 0 Å². The normalized spacial score (nSPS) is 11.9. The predicted molar refractivity (Wildman–Crippen MR) is 103 cm³/mol. The molecule has 0 saturated carbocycles. The van der Waals surface area contributed by atoms with Gasteiger partial charge in [-0.1, -0.05) is 11.6 Å². The van der Waals surface area contributed by atoms with Gasteiger partial charge in [0.05, 0.1) is 6.21 Å². The molecule has 3 rings (SSSR count). The molecule has 0 bridgehead atoms. The van der Waals surface area contributed by atoms with Gasteiger partial charge >= 0.3 is 6.18 Å². The molecule has 152 valence electrons. The number of carbonyl (C=O) groups is 1. The van der Waals surface area contributed by atoms with Crippen LogP contribution in [0.5, 0.6) is 0 Å². The molecule has 0 spiro atoms. The van der Waals surface area contributed by atoms with E-state index in [4.69, 9.17) is 11.6 Å². The van der Waals surface area contributed by atoms with E-state index < -0.39 is 17.8 Å². The number of aryl methyl sites for hydroxylation is 1. The lowest BCUT2D eigenvalue weighted by molar-refractivity contribution is -0.141. The van der Waals surface area contributed by atoms with Crippen LogP contribution in [0.15, 0.2) is 47.7 Å². The first-order chi connectivity index (χ1) is 13.6. The molecule has 0 radical (unpaired) electrons. The molecule has 0 unspecified atom stereocenters. The molecule has 0 atom stereocenters. The molecule has 10 heteroatoms. The molecule has 0 fully saturated rings. The number of nitrogens with one attached hydrogen (secondary N) is 1. The monoisotopic (exact) mass is 423 g/mol. The van der Waals surface area contributed by atoms with Crippen molar-refractivity contribution in [2.45, 2.75) is 26.6 Å². The number of nitrogens with zero attached hydrogens (tertiary/aromatic N) is 4. The van der Waals surface area contributed by atoms with Crippen molar-refractivity contribution in [2.24, 2.45) is 5.10 Å². The summed E-state index contributed by atoms with van der Waals surface area (Å²) in [6, 6.07) is 10.1. The zero-order valence-corrected chi connectivity index (χ0v) is 16.3. The zero-order valence-electron chi connectivity index (χ0n) is 15.5. The maximum absolute atomic E-state index is 12.5. The van der Waals surface area contributed by atoms with Crippen LogP contribution in [0.25, 0.3) is 5.69 Å². The quantitative estimate of drug-likeness (QED) is 0.495. The Kier molecular flexibility index (Phi) is 5.78. The molecule has 1 aromatic carbocycles. The summed E-state index contributed by atoms with van der Waals surface area (Å²) in [5, 5.41) is 7.86. The van der Waals surface area contributed by atoms with Gasteiger partial charge in [0, 0.05) is 33.9 Å². The van der Waals surface area contributed by atoms with Crippen molar-refractivity contribution < 1.29 is 18.0 Å². The first-order valence-corrected chi connectivity index (χ1v) is 8.90. The van der Waals surface area contributed by atoms with Crippen LogP contribution in [0.2, 0.25) is 5.02 Å². The first kappa shape index (κ1) is 20.7. The van der Waals surface area contributed by atoms with Gasteiger partial charge in [0.1, 0.15) is 6.54 Å². The van der Waals surface area contributed by atoms with Crippen LogP contribution in [0.1, 0.15) is 22.6 Å². The summed E-state index contributed by atoms with van der Waals surface area (Å²) in [7, 11) is 0. The number of rotatable bonds is 5. The lowest BCUT2D eigenvalue weighted by atomic mass is 10.2. The summed E-state index contributed by atoms with van der Waals surface area (Å²) in [6.45, 7) is 3.47. The van der Waals surface area contributed by atoms with E-state index in [1.807, 2.05) is 36.6 Å². The highest BCUT2D eigenvalue weighted by atomic mass is 35.5. The molecule has 3 aromatic rings. The lowest BCUT2D eigenvalue weighted by Gasteiger charge is -2.09. The Bertz CT molecular complexity index is 1050. The van der Waals surface area contributed by atoms with Crippen molar-refractivity contribution in [3.8, 4) is 5.69 Å². The van der Waals surface area contributed by atoms with E-state index >= 15 is 0 Å². The molecule has 0 aliphatic carbocycles. The van der Waals surface area contributed by atoms with Crippen LogP contribution in [0.4, 0.5) is 13.2 Å². The van der Waals surface area contributed by atoms with Crippen molar-refractivity contribution in [1.82, 2.24) is 19.8 Å². The molecular weight excluding hydrogens is 407 g/mol. The molecule has 2 aromatic heterocycles. The van der Waals surface area contributed by atoms with Crippen LogP contribution >= 0.6 is 11.6 Å². The summed E-state index contributed by atoms with van der Waals surface area (Å²) < 4.78 is 40.5. The molecule has 1 amide bonds. The predicted octanol–water partition coefficient (Wildman–Crippen LogP) is 4.11. The molecule has 29 heavy (non-hydrogen) atoms. The third-order valence-corrected chi connectivity index (χ3v) is 4.44. The maximum atomic E-state index is 12.5. The number of amides is 1. The minimum atomic E-state index is -4.55. The van der Waals surface area contributed by atoms with Gasteiger partial charge in [0.25, 0.3) is 5.91 Å². The largest absolute Gasteiger partial charge is 0.435 e. The second-order valence-electron chi connectivity index (χ2n) is 6.33. The first-order valence-electron chi connectivity index (χ1n) is 8.52. The standard InChI is InChI=1S/C19H17ClF3N5O/c1-12-9-14(13(2)28(12)16-5-3-15(20)4-6-16)10-24-25-18(29)11-27-8-7-17(26-27)19(21,22)23/h3-10H,11H2,1-2H3,(H,25,29). The van der Waals surface area contributed by atoms with Crippen LogP contribution < -0.4 is 5.43 Å². The van der Waals surface area contributed by atoms with Crippen molar-refractivity contribution in [3.63, 3.8) is 0 Å². The number of hydrogen-bond acceptors (Lipinski definition) is 3. The molecule has 0 aliphatic heterocycles. The number of hydrogen-bond donors (Lipinski definition) is 1. The summed E-state index contributed by atoms with van der Waals surface area (Å²) in [5.41, 5.74) is 4.84. The molecule has 0 aliphatic rings. The summed E-state index contributed by atoms with van der Waals surface area (Å²) in [4.78, 5) is 11.9. The van der Waals surface area contributed by atoms with Crippen LogP contribution in [0.3, 0.4) is 0 Å². The Hall–Kier alpha value is -3.07. The van der Waals surface area contributed by atoms with Gasteiger partial charge in [0.2, 0.25) is 0 Å². The van der Waals surface area contributed by atoms with E-state index in [1.165, 1.54) is 6.21 Å². The summed E-state index contributed by atoms with van der Waals surface area (Å²) in [6.07, 6.45) is -1.98. The molecule has 0 saturated heterocycles. The summed E-state index contributed by atoms with van der Waals surface area (Å²) in [5.74, 6) is -0.593. The van der Waals surface area contributed by atoms with Gasteiger partial charge in [-0.2, -0.15) is 23.4 Å². The van der Waals surface area contributed by atoms with E-state index in [0.29, 0.717) is 5.02 Å². The highest BCUT2D eigenvalue weighted by molar-refractivity contribution is 6.30. The Morgan fingerprint density at radius 1 is 1.24 bits per heavy atom. The number of alkyl halides is 3. The van der Waals surface area contributed by atoms with E-state index in [2.05, 4.69) is 15.6 Å². The molecule has 2 heterocycles. The minimum Gasteiger partial charge on any atom is -0.318 e. The fourth-order valence-electron chi connectivity index (χ4n) is 2.86. The number of aromatic nitrogens is 3. The van der Waals surface area contributed by atoms with Crippen molar-refractivity contribution in [3.05, 3.63) is 70.3 Å². The Balaban J connectivity index is 1.66. The Morgan fingerprint density at radius 2 is 1.93 bits per heavy atom. The smallest absolute Gasteiger partial charge is 0.318 e. The highest BCUT2D eigenvalue weighted by Crippen LogP contribution is 2.27. The number of benzene rings is 1. The molecule has 6 nitrogen and oxygen atoms in total. The third kappa shape index (κ3) is 4.86. The number of halogens is 4.